The van der Waals surface area contributed by atoms with Crippen LogP contribution >= 0.6 is 0 Å². The van der Waals surface area contributed by atoms with E-state index in [9.17, 15) is 4.79 Å². The van der Waals surface area contributed by atoms with E-state index in [1.54, 1.807) is 0 Å². The van der Waals surface area contributed by atoms with Gasteiger partial charge in [0.15, 0.2) is 0 Å². The van der Waals surface area contributed by atoms with Gasteiger partial charge in [-0.1, -0.05) is 6.42 Å². The van der Waals surface area contributed by atoms with Gasteiger partial charge in [0.1, 0.15) is 0 Å². The number of carbonyl (C=O) groups excluding carboxylic acids is 1. The van der Waals surface area contributed by atoms with E-state index in [-0.39, 0.29) is 0 Å². The molecule has 21 heavy (non-hydrogen) atoms. The standard InChI is InChI=1S/C16H30N4O/c1-18-10-3-2-4-14(18)7-11-19-12-13-20(16(19)21)15-5-8-17-9-6-15/h14-15,17H,2-13H2,1H3. The Morgan fingerprint density at radius 2 is 1.90 bits per heavy atom. The molecule has 0 radical (unpaired) electrons. The molecule has 0 saturated carbocycles. The number of hydrogen-bond acceptors (Lipinski definition) is 3. The predicted molar refractivity (Wildman–Crippen MR) is 84.5 cm³/mol. The smallest absolute Gasteiger partial charge is 0.320 e. The van der Waals surface area contributed by atoms with Gasteiger partial charge < -0.3 is 20.0 Å². The molecular formula is C16H30N4O. The van der Waals surface area contributed by atoms with Crippen LogP contribution in [0.1, 0.15) is 38.5 Å². The van der Waals surface area contributed by atoms with Crippen molar-refractivity contribution in [1.29, 1.82) is 0 Å². The average Bonchev–Trinajstić information content (AvgIpc) is 2.88. The topological polar surface area (TPSA) is 38.8 Å². The minimum Gasteiger partial charge on any atom is -0.323 e. The van der Waals surface area contributed by atoms with Crippen LogP contribution in [0.25, 0.3) is 0 Å². The zero-order chi connectivity index (χ0) is 14.7. The third-order valence-corrected chi connectivity index (χ3v) is 5.53. The number of nitrogens with zero attached hydrogens (tertiary/aromatic N) is 3. The van der Waals surface area contributed by atoms with Crippen molar-refractivity contribution in [2.45, 2.75) is 50.6 Å². The summed E-state index contributed by atoms with van der Waals surface area (Å²) in [5.41, 5.74) is 0. The first kappa shape index (κ1) is 15.1. The number of hydrogen-bond donors (Lipinski definition) is 1. The van der Waals surface area contributed by atoms with Gasteiger partial charge in [0.05, 0.1) is 0 Å². The minimum absolute atomic E-state index is 0.292. The second kappa shape index (κ2) is 6.97. The Balaban J connectivity index is 1.47. The van der Waals surface area contributed by atoms with E-state index >= 15 is 0 Å². The van der Waals surface area contributed by atoms with Crippen LogP contribution in [0.3, 0.4) is 0 Å². The van der Waals surface area contributed by atoms with E-state index in [0.717, 1.165) is 52.0 Å². The van der Waals surface area contributed by atoms with Crippen molar-refractivity contribution in [3.8, 4) is 0 Å². The van der Waals surface area contributed by atoms with E-state index < -0.39 is 0 Å². The highest BCUT2D eigenvalue weighted by molar-refractivity contribution is 5.76. The molecule has 2 amide bonds. The zero-order valence-electron chi connectivity index (χ0n) is 13.4. The number of rotatable bonds is 4. The Morgan fingerprint density at radius 1 is 1.10 bits per heavy atom. The molecule has 3 saturated heterocycles. The number of piperidine rings is 2. The van der Waals surface area contributed by atoms with Gasteiger partial charge in [-0.3, -0.25) is 0 Å². The van der Waals surface area contributed by atoms with Crippen LogP contribution in [0, 0.1) is 0 Å². The highest BCUT2D eigenvalue weighted by Crippen LogP contribution is 2.21. The lowest BCUT2D eigenvalue weighted by atomic mass is 10.00. The number of likely N-dealkylation sites (tertiary alicyclic amines) is 1. The Hall–Kier alpha value is -0.810. The SMILES string of the molecule is CN1CCCCC1CCN1CCN(C2CCNCC2)C1=O. The minimum atomic E-state index is 0.292. The summed E-state index contributed by atoms with van der Waals surface area (Å²) < 4.78 is 0. The summed E-state index contributed by atoms with van der Waals surface area (Å²) in [5.74, 6) is 0. The summed E-state index contributed by atoms with van der Waals surface area (Å²) >= 11 is 0. The van der Waals surface area contributed by atoms with Crippen LogP contribution in [0.15, 0.2) is 0 Å². The van der Waals surface area contributed by atoms with Gasteiger partial charge in [0.25, 0.3) is 0 Å². The third-order valence-electron chi connectivity index (χ3n) is 5.53. The van der Waals surface area contributed by atoms with E-state index in [2.05, 4.69) is 27.1 Å². The Labute approximate surface area is 128 Å². The van der Waals surface area contributed by atoms with Gasteiger partial charge >= 0.3 is 6.03 Å². The fraction of sp³-hybridized carbons (Fsp3) is 0.938. The van der Waals surface area contributed by atoms with E-state index in [4.69, 9.17) is 0 Å². The summed E-state index contributed by atoms with van der Waals surface area (Å²) in [6.45, 7) is 6.14. The Bertz CT molecular complexity index is 356. The first-order chi connectivity index (χ1) is 10.3. The van der Waals surface area contributed by atoms with Crippen molar-refractivity contribution in [2.75, 3.05) is 46.3 Å². The van der Waals surface area contributed by atoms with Gasteiger partial charge in [-0.25, -0.2) is 4.79 Å². The first-order valence-corrected chi connectivity index (χ1v) is 8.72. The van der Waals surface area contributed by atoms with Crippen LogP contribution in [-0.4, -0.2) is 79.1 Å². The second-order valence-corrected chi connectivity index (χ2v) is 6.86. The molecule has 0 aromatic heterocycles. The van der Waals surface area contributed by atoms with E-state index in [1.807, 2.05) is 0 Å². The first-order valence-electron chi connectivity index (χ1n) is 8.72. The predicted octanol–water partition coefficient (Wildman–Crippen LogP) is 1.35. The molecule has 3 rings (SSSR count). The quantitative estimate of drug-likeness (QED) is 0.851. The zero-order valence-corrected chi connectivity index (χ0v) is 13.4. The molecule has 0 spiro atoms. The molecule has 3 heterocycles. The van der Waals surface area contributed by atoms with Gasteiger partial charge in [0.2, 0.25) is 0 Å². The molecule has 5 nitrogen and oxygen atoms in total. The molecule has 1 N–H and O–H groups in total. The summed E-state index contributed by atoms with van der Waals surface area (Å²) in [5, 5.41) is 3.38. The Morgan fingerprint density at radius 3 is 2.67 bits per heavy atom. The van der Waals surface area contributed by atoms with E-state index in [0.29, 0.717) is 18.1 Å². The highest BCUT2D eigenvalue weighted by Gasteiger charge is 2.34. The molecule has 0 bridgehead atoms. The van der Waals surface area contributed by atoms with E-state index in [1.165, 1.54) is 25.8 Å². The summed E-state index contributed by atoms with van der Waals surface area (Å²) in [7, 11) is 2.23. The lowest BCUT2D eigenvalue weighted by Gasteiger charge is -2.34. The molecular weight excluding hydrogens is 264 g/mol. The molecule has 1 unspecified atom stereocenters. The van der Waals surface area contributed by atoms with Crippen molar-refractivity contribution in [2.24, 2.45) is 0 Å². The molecule has 120 valence electrons. The number of nitrogens with one attached hydrogen (secondary N) is 1. The monoisotopic (exact) mass is 294 g/mol. The molecule has 3 fully saturated rings. The molecule has 0 aromatic carbocycles. The van der Waals surface area contributed by atoms with Crippen molar-refractivity contribution in [3.63, 3.8) is 0 Å². The van der Waals surface area contributed by atoms with Gasteiger partial charge in [0, 0.05) is 31.7 Å². The lowest BCUT2D eigenvalue weighted by Crippen LogP contribution is -2.45. The van der Waals surface area contributed by atoms with Crippen molar-refractivity contribution in [1.82, 2.24) is 20.0 Å². The van der Waals surface area contributed by atoms with Crippen LogP contribution in [-0.2, 0) is 0 Å². The molecule has 3 aliphatic heterocycles. The van der Waals surface area contributed by atoms with Gasteiger partial charge in [-0.05, 0) is 58.8 Å². The molecule has 1 atom stereocenters. The van der Waals surface area contributed by atoms with Gasteiger partial charge in [-0.15, -0.1) is 0 Å². The normalized spacial score (nSPS) is 29.4. The largest absolute Gasteiger partial charge is 0.323 e. The maximum Gasteiger partial charge on any atom is 0.320 e. The fourth-order valence-corrected chi connectivity index (χ4v) is 4.08. The molecule has 5 heteroatoms. The summed E-state index contributed by atoms with van der Waals surface area (Å²) in [6.07, 6.45) is 7.36. The summed E-state index contributed by atoms with van der Waals surface area (Å²) in [6, 6.07) is 1.45. The van der Waals surface area contributed by atoms with Crippen LogP contribution in [0.2, 0.25) is 0 Å². The van der Waals surface area contributed by atoms with Crippen molar-refractivity contribution < 1.29 is 4.79 Å². The molecule has 0 aromatic rings. The van der Waals surface area contributed by atoms with Crippen LogP contribution in [0.5, 0.6) is 0 Å². The van der Waals surface area contributed by atoms with Crippen molar-refractivity contribution in [3.05, 3.63) is 0 Å². The maximum absolute atomic E-state index is 12.6. The lowest BCUT2D eigenvalue weighted by molar-refractivity contribution is 0.149. The van der Waals surface area contributed by atoms with Gasteiger partial charge in [-0.2, -0.15) is 0 Å². The van der Waals surface area contributed by atoms with Crippen LogP contribution < -0.4 is 5.32 Å². The third kappa shape index (κ3) is 3.51. The van der Waals surface area contributed by atoms with Crippen molar-refractivity contribution >= 4 is 6.03 Å². The number of carbonyl (C=O) groups is 1. The molecule has 0 aliphatic carbocycles. The number of amides is 2. The molecule has 3 aliphatic rings. The second-order valence-electron chi connectivity index (χ2n) is 6.86. The summed E-state index contributed by atoms with van der Waals surface area (Å²) in [4.78, 5) is 19.3. The fourth-order valence-electron chi connectivity index (χ4n) is 4.08. The maximum atomic E-state index is 12.6. The average molecular weight is 294 g/mol. The number of urea groups is 1. The highest BCUT2D eigenvalue weighted by atomic mass is 16.2. The van der Waals surface area contributed by atoms with Crippen LogP contribution in [0.4, 0.5) is 4.79 Å². The Kier molecular flexibility index (Phi) is 5.01.